The summed E-state index contributed by atoms with van der Waals surface area (Å²) < 4.78 is 19.7. The second-order valence-corrected chi connectivity index (χ2v) is 7.96. The summed E-state index contributed by atoms with van der Waals surface area (Å²) in [5, 5.41) is 15.8. The minimum atomic E-state index is -1.23. The number of nitrogens with zero attached hydrogens (tertiary/aromatic N) is 3. The van der Waals surface area contributed by atoms with Crippen molar-refractivity contribution >= 4 is 23.0 Å². The van der Waals surface area contributed by atoms with Crippen LogP contribution in [-0.2, 0) is 10.3 Å². The van der Waals surface area contributed by atoms with Crippen LogP contribution < -0.4 is 10.6 Å². The van der Waals surface area contributed by atoms with E-state index in [1.54, 1.807) is 32.2 Å². The SMILES string of the molecule is CCNC(=O)Nc1nc2cc(-c3ccc(C(C)(O)COC)nc3)cc(-c3ncccc3F)c2[nH]1. The molecule has 4 N–H and O–H groups in total. The largest absolute Gasteiger partial charge is 0.381 e. The third kappa shape index (κ3) is 4.73. The molecule has 0 aliphatic heterocycles. The quantitative estimate of drug-likeness (QED) is 0.330. The highest BCUT2D eigenvalue weighted by Crippen LogP contribution is 2.34. The monoisotopic (exact) mass is 464 g/mol. The van der Waals surface area contributed by atoms with Crippen LogP contribution in [0.1, 0.15) is 19.5 Å². The number of H-pyrrole nitrogens is 1. The molecule has 0 saturated carbocycles. The van der Waals surface area contributed by atoms with Gasteiger partial charge in [-0.2, -0.15) is 0 Å². The molecule has 10 heteroatoms. The van der Waals surface area contributed by atoms with Gasteiger partial charge in [-0.3, -0.25) is 15.3 Å². The predicted molar refractivity (Wildman–Crippen MR) is 127 cm³/mol. The lowest BCUT2D eigenvalue weighted by Gasteiger charge is -2.21. The number of halogens is 1. The van der Waals surface area contributed by atoms with E-state index in [2.05, 4.69) is 30.6 Å². The number of anilines is 1. The molecule has 1 atom stereocenters. The van der Waals surface area contributed by atoms with Gasteiger partial charge in [0.1, 0.15) is 17.1 Å². The maximum Gasteiger partial charge on any atom is 0.321 e. The Morgan fingerprint density at radius 2 is 2.06 bits per heavy atom. The first kappa shape index (κ1) is 23.3. The molecule has 2 amide bonds. The molecule has 9 nitrogen and oxygen atoms in total. The Morgan fingerprint density at radius 1 is 1.24 bits per heavy atom. The molecule has 0 saturated heterocycles. The Hall–Kier alpha value is -3.89. The van der Waals surface area contributed by atoms with Crippen LogP contribution in [0, 0.1) is 5.82 Å². The molecule has 0 fully saturated rings. The van der Waals surface area contributed by atoms with Gasteiger partial charge in [-0.05, 0) is 49.7 Å². The maximum atomic E-state index is 14.7. The summed E-state index contributed by atoms with van der Waals surface area (Å²) in [7, 11) is 1.51. The van der Waals surface area contributed by atoms with Crippen molar-refractivity contribution in [3.63, 3.8) is 0 Å². The number of rotatable bonds is 7. The number of aromatic nitrogens is 4. The van der Waals surface area contributed by atoms with E-state index in [9.17, 15) is 14.3 Å². The number of aliphatic hydroxyl groups is 1. The van der Waals surface area contributed by atoms with Crippen LogP contribution in [-0.4, -0.2) is 51.3 Å². The molecule has 176 valence electrons. The zero-order chi connectivity index (χ0) is 24.3. The first-order valence-electron chi connectivity index (χ1n) is 10.7. The molecular weight excluding hydrogens is 439 g/mol. The van der Waals surface area contributed by atoms with Gasteiger partial charge in [-0.15, -0.1) is 0 Å². The van der Waals surface area contributed by atoms with Crippen LogP contribution in [0.15, 0.2) is 48.8 Å². The van der Waals surface area contributed by atoms with E-state index in [0.717, 1.165) is 5.56 Å². The summed E-state index contributed by atoms with van der Waals surface area (Å²) >= 11 is 0. The molecule has 34 heavy (non-hydrogen) atoms. The topological polar surface area (TPSA) is 125 Å². The number of carbonyl (C=O) groups excluding carboxylic acids is 1. The van der Waals surface area contributed by atoms with Crippen molar-refractivity contribution in [2.75, 3.05) is 25.6 Å². The van der Waals surface area contributed by atoms with Crippen LogP contribution in [0.3, 0.4) is 0 Å². The minimum absolute atomic E-state index is 0.100. The lowest BCUT2D eigenvalue weighted by Crippen LogP contribution is -2.28. The number of carbonyl (C=O) groups is 1. The molecule has 0 aliphatic rings. The Balaban J connectivity index is 1.82. The molecule has 0 radical (unpaired) electrons. The van der Waals surface area contributed by atoms with Gasteiger partial charge in [0, 0.05) is 37.2 Å². The molecule has 4 aromatic rings. The molecule has 4 rings (SSSR count). The van der Waals surface area contributed by atoms with E-state index in [1.807, 2.05) is 12.1 Å². The molecule has 3 aromatic heterocycles. The van der Waals surface area contributed by atoms with E-state index >= 15 is 0 Å². The molecule has 1 unspecified atom stereocenters. The minimum Gasteiger partial charge on any atom is -0.381 e. The van der Waals surface area contributed by atoms with Gasteiger partial charge in [-0.25, -0.2) is 14.2 Å². The fourth-order valence-corrected chi connectivity index (χ4v) is 3.66. The van der Waals surface area contributed by atoms with Crippen LogP contribution in [0.4, 0.5) is 15.1 Å². The van der Waals surface area contributed by atoms with Crippen LogP contribution >= 0.6 is 0 Å². The van der Waals surface area contributed by atoms with Gasteiger partial charge >= 0.3 is 6.03 Å². The highest BCUT2D eigenvalue weighted by molar-refractivity contribution is 5.98. The molecule has 0 aliphatic carbocycles. The van der Waals surface area contributed by atoms with Gasteiger partial charge in [0.05, 0.1) is 23.3 Å². The number of fused-ring (bicyclic) bond motifs is 1. The number of hydrogen-bond acceptors (Lipinski definition) is 6. The number of ether oxygens (including phenoxy) is 1. The average molecular weight is 465 g/mol. The molecular formula is C24H25FN6O3. The van der Waals surface area contributed by atoms with Crippen molar-refractivity contribution in [1.29, 1.82) is 0 Å². The lowest BCUT2D eigenvalue weighted by atomic mass is 9.98. The van der Waals surface area contributed by atoms with Crippen molar-refractivity contribution in [1.82, 2.24) is 25.3 Å². The fourth-order valence-electron chi connectivity index (χ4n) is 3.66. The third-order valence-corrected chi connectivity index (χ3v) is 5.25. The van der Waals surface area contributed by atoms with Gasteiger partial charge in [0.15, 0.2) is 0 Å². The van der Waals surface area contributed by atoms with Crippen LogP contribution in [0.5, 0.6) is 0 Å². The number of benzene rings is 1. The van der Waals surface area contributed by atoms with Crippen LogP contribution in [0.25, 0.3) is 33.4 Å². The summed E-state index contributed by atoms with van der Waals surface area (Å²) in [4.78, 5) is 28.1. The smallest absolute Gasteiger partial charge is 0.321 e. The number of amides is 2. The molecule has 3 heterocycles. The maximum absolute atomic E-state index is 14.7. The van der Waals surface area contributed by atoms with Gasteiger partial charge in [-0.1, -0.05) is 6.07 Å². The standard InChI is InChI=1S/C24H25FN6O3/c1-4-26-23(32)31-22-29-18-11-15(14-7-8-19(28-12-14)24(2,33)13-34-3)10-16(21(18)30-22)20-17(25)6-5-9-27-20/h5-12,33H,4,13H2,1-3H3,(H3,26,29,30,31,32). The highest BCUT2D eigenvalue weighted by atomic mass is 19.1. The summed E-state index contributed by atoms with van der Waals surface area (Å²) in [5.41, 5.74) is 2.35. The number of imidazole rings is 1. The Morgan fingerprint density at radius 3 is 2.74 bits per heavy atom. The summed E-state index contributed by atoms with van der Waals surface area (Å²) in [5.74, 6) is -0.266. The molecule has 1 aromatic carbocycles. The third-order valence-electron chi connectivity index (χ3n) is 5.25. The predicted octanol–water partition coefficient (Wildman–Crippen LogP) is 3.82. The number of urea groups is 1. The van der Waals surface area contributed by atoms with Crippen molar-refractivity contribution in [3.05, 3.63) is 60.3 Å². The van der Waals surface area contributed by atoms with Gasteiger partial charge < -0.3 is 20.1 Å². The van der Waals surface area contributed by atoms with E-state index < -0.39 is 17.4 Å². The molecule has 0 spiro atoms. The van der Waals surface area contributed by atoms with Crippen molar-refractivity contribution in [3.8, 4) is 22.4 Å². The van der Waals surface area contributed by atoms with E-state index in [-0.39, 0.29) is 18.2 Å². The number of methoxy groups -OCH3 is 1. The fraction of sp³-hybridized carbons (Fsp3) is 0.250. The Labute approximate surface area is 195 Å². The summed E-state index contributed by atoms with van der Waals surface area (Å²) in [6, 6.07) is 9.56. The second-order valence-electron chi connectivity index (χ2n) is 7.96. The number of hydrogen-bond donors (Lipinski definition) is 4. The van der Waals surface area contributed by atoms with Gasteiger partial charge in [0.2, 0.25) is 5.95 Å². The van der Waals surface area contributed by atoms with Crippen molar-refractivity contribution < 1.29 is 19.0 Å². The van der Waals surface area contributed by atoms with E-state index in [0.29, 0.717) is 34.4 Å². The van der Waals surface area contributed by atoms with E-state index in [4.69, 9.17) is 4.74 Å². The van der Waals surface area contributed by atoms with Crippen molar-refractivity contribution in [2.24, 2.45) is 0 Å². The summed E-state index contributed by atoms with van der Waals surface area (Å²) in [6.45, 7) is 3.99. The number of pyridine rings is 2. The average Bonchev–Trinajstić information content (AvgIpc) is 3.21. The second kappa shape index (κ2) is 9.54. The number of nitrogens with one attached hydrogen (secondary N) is 3. The lowest BCUT2D eigenvalue weighted by molar-refractivity contribution is -0.0239. The first-order chi connectivity index (χ1) is 16.3. The van der Waals surface area contributed by atoms with Crippen molar-refractivity contribution in [2.45, 2.75) is 19.4 Å². The van der Waals surface area contributed by atoms with E-state index in [1.165, 1.54) is 25.4 Å². The normalized spacial score (nSPS) is 13.0. The summed E-state index contributed by atoms with van der Waals surface area (Å²) in [6.07, 6.45) is 3.13. The first-order valence-corrected chi connectivity index (χ1v) is 10.7. The highest BCUT2D eigenvalue weighted by Gasteiger charge is 2.24. The Bertz CT molecular complexity index is 1320. The van der Waals surface area contributed by atoms with Crippen LogP contribution in [0.2, 0.25) is 0 Å². The zero-order valence-electron chi connectivity index (χ0n) is 19.0. The van der Waals surface area contributed by atoms with Gasteiger partial charge in [0.25, 0.3) is 0 Å². The zero-order valence-corrected chi connectivity index (χ0v) is 19.0. The molecule has 0 bridgehead atoms. The Kier molecular flexibility index (Phi) is 6.53. The number of aromatic amines is 1.